The molecule has 0 amide bonds. The van der Waals surface area contributed by atoms with Crippen LogP contribution in [0, 0.1) is 13.8 Å². The summed E-state index contributed by atoms with van der Waals surface area (Å²) in [5.41, 5.74) is 11.1. The van der Waals surface area contributed by atoms with Gasteiger partial charge >= 0.3 is 0 Å². The van der Waals surface area contributed by atoms with Crippen LogP contribution in [0.5, 0.6) is 0 Å². The average Bonchev–Trinajstić information content (AvgIpc) is 2.38. The minimum atomic E-state index is 0.0338. The molecule has 0 saturated carbocycles. The fourth-order valence-corrected chi connectivity index (χ4v) is 2.75. The lowest BCUT2D eigenvalue weighted by Crippen LogP contribution is -2.26. The monoisotopic (exact) mass is 307 g/mol. The van der Waals surface area contributed by atoms with Crippen molar-refractivity contribution < 1.29 is 0 Å². The van der Waals surface area contributed by atoms with Gasteiger partial charge in [0.05, 0.1) is 0 Å². The molecule has 0 aliphatic rings. The van der Waals surface area contributed by atoms with E-state index in [9.17, 15) is 0 Å². The minimum absolute atomic E-state index is 0.0338. The SMILES string of the molecule is Cc1ccc(C)c(CC(N)Cc2cc(Cl)ccc2Cl)c1. The van der Waals surface area contributed by atoms with E-state index in [-0.39, 0.29) is 6.04 Å². The molecular formula is C17H19Cl2N. The summed E-state index contributed by atoms with van der Waals surface area (Å²) in [5, 5.41) is 1.43. The molecule has 0 radical (unpaired) electrons. The van der Waals surface area contributed by atoms with Gasteiger partial charge in [-0.2, -0.15) is 0 Å². The number of benzene rings is 2. The van der Waals surface area contributed by atoms with Crippen molar-refractivity contribution in [1.29, 1.82) is 0 Å². The van der Waals surface area contributed by atoms with E-state index in [0.717, 1.165) is 23.4 Å². The molecule has 1 unspecified atom stereocenters. The van der Waals surface area contributed by atoms with Gasteiger partial charge < -0.3 is 5.73 Å². The Morgan fingerprint density at radius 3 is 2.40 bits per heavy atom. The van der Waals surface area contributed by atoms with Crippen LogP contribution in [0.25, 0.3) is 0 Å². The second-order valence-corrected chi connectivity index (χ2v) is 6.18. The highest BCUT2D eigenvalue weighted by Gasteiger charge is 2.10. The Morgan fingerprint density at radius 1 is 0.950 bits per heavy atom. The smallest absolute Gasteiger partial charge is 0.0439 e. The van der Waals surface area contributed by atoms with E-state index in [1.54, 1.807) is 6.07 Å². The van der Waals surface area contributed by atoms with Crippen LogP contribution in [0.2, 0.25) is 10.0 Å². The first-order chi connectivity index (χ1) is 9.45. The number of hydrogen-bond donors (Lipinski definition) is 1. The van der Waals surface area contributed by atoms with Crippen LogP contribution >= 0.6 is 23.2 Å². The minimum Gasteiger partial charge on any atom is -0.327 e. The molecule has 3 heteroatoms. The second kappa shape index (κ2) is 6.62. The van der Waals surface area contributed by atoms with Crippen molar-refractivity contribution in [2.24, 2.45) is 5.73 Å². The summed E-state index contributed by atoms with van der Waals surface area (Å²) in [6.07, 6.45) is 1.57. The summed E-state index contributed by atoms with van der Waals surface area (Å²) in [6, 6.07) is 12.0. The van der Waals surface area contributed by atoms with E-state index in [2.05, 4.69) is 32.0 Å². The van der Waals surface area contributed by atoms with E-state index < -0.39 is 0 Å². The van der Waals surface area contributed by atoms with Crippen LogP contribution in [0.15, 0.2) is 36.4 Å². The first-order valence-corrected chi connectivity index (χ1v) is 7.47. The third-order valence-electron chi connectivity index (χ3n) is 3.48. The summed E-state index contributed by atoms with van der Waals surface area (Å²) >= 11 is 12.2. The zero-order chi connectivity index (χ0) is 14.7. The highest BCUT2D eigenvalue weighted by molar-refractivity contribution is 6.33. The van der Waals surface area contributed by atoms with Crippen LogP contribution in [0.4, 0.5) is 0 Å². The summed E-state index contributed by atoms with van der Waals surface area (Å²) in [4.78, 5) is 0. The molecule has 0 spiro atoms. The lowest BCUT2D eigenvalue weighted by Gasteiger charge is -2.15. The molecule has 0 bridgehead atoms. The normalized spacial score (nSPS) is 12.4. The largest absolute Gasteiger partial charge is 0.327 e. The molecule has 2 N–H and O–H groups in total. The molecule has 0 heterocycles. The molecule has 2 aromatic carbocycles. The van der Waals surface area contributed by atoms with Gasteiger partial charge in [-0.1, -0.05) is 47.0 Å². The van der Waals surface area contributed by atoms with Gasteiger partial charge in [0.15, 0.2) is 0 Å². The third-order valence-corrected chi connectivity index (χ3v) is 4.08. The van der Waals surface area contributed by atoms with E-state index in [1.165, 1.54) is 16.7 Å². The number of rotatable bonds is 4. The van der Waals surface area contributed by atoms with Gasteiger partial charge in [0, 0.05) is 16.1 Å². The summed E-state index contributed by atoms with van der Waals surface area (Å²) in [6.45, 7) is 4.22. The van der Waals surface area contributed by atoms with E-state index >= 15 is 0 Å². The lowest BCUT2D eigenvalue weighted by molar-refractivity contribution is 0.662. The molecule has 1 atom stereocenters. The Bertz CT molecular complexity index is 554. The molecule has 2 aromatic rings. The van der Waals surface area contributed by atoms with Gasteiger partial charge in [0.25, 0.3) is 0 Å². The predicted octanol–water partition coefficient (Wildman–Crippen LogP) is 4.72. The molecule has 106 valence electrons. The van der Waals surface area contributed by atoms with Crippen molar-refractivity contribution in [3.8, 4) is 0 Å². The Hall–Kier alpha value is -1.02. The van der Waals surface area contributed by atoms with Gasteiger partial charge in [-0.3, -0.25) is 0 Å². The van der Waals surface area contributed by atoms with Crippen molar-refractivity contribution in [1.82, 2.24) is 0 Å². The predicted molar refractivity (Wildman–Crippen MR) is 87.8 cm³/mol. The van der Waals surface area contributed by atoms with Crippen LogP contribution < -0.4 is 5.73 Å². The fraction of sp³-hybridized carbons (Fsp3) is 0.294. The maximum Gasteiger partial charge on any atom is 0.0439 e. The van der Waals surface area contributed by atoms with Gasteiger partial charge in [0.1, 0.15) is 0 Å². The number of aryl methyl sites for hydroxylation is 2. The Balaban J connectivity index is 2.10. The van der Waals surface area contributed by atoms with Gasteiger partial charge in [-0.15, -0.1) is 0 Å². The molecule has 0 aromatic heterocycles. The Labute approximate surface area is 130 Å². The van der Waals surface area contributed by atoms with E-state index in [4.69, 9.17) is 28.9 Å². The summed E-state index contributed by atoms with van der Waals surface area (Å²) < 4.78 is 0. The quantitative estimate of drug-likeness (QED) is 0.868. The van der Waals surface area contributed by atoms with Crippen LogP contribution in [0.3, 0.4) is 0 Å². The number of hydrogen-bond acceptors (Lipinski definition) is 1. The summed E-state index contributed by atoms with van der Waals surface area (Å²) in [7, 11) is 0. The van der Waals surface area contributed by atoms with Gasteiger partial charge in [0.2, 0.25) is 0 Å². The first-order valence-electron chi connectivity index (χ1n) is 6.71. The molecule has 0 aliphatic carbocycles. The fourth-order valence-electron chi connectivity index (χ4n) is 2.36. The van der Waals surface area contributed by atoms with Crippen molar-refractivity contribution in [3.63, 3.8) is 0 Å². The second-order valence-electron chi connectivity index (χ2n) is 5.33. The maximum absolute atomic E-state index is 6.27. The highest BCUT2D eigenvalue weighted by Crippen LogP contribution is 2.22. The average molecular weight is 308 g/mol. The zero-order valence-electron chi connectivity index (χ0n) is 11.8. The molecule has 2 rings (SSSR count). The molecule has 20 heavy (non-hydrogen) atoms. The zero-order valence-corrected chi connectivity index (χ0v) is 13.3. The number of nitrogens with two attached hydrogens (primary N) is 1. The molecule has 0 fully saturated rings. The Kier molecular flexibility index (Phi) is 5.09. The molecule has 1 nitrogen and oxygen atoms in total. The third kappa shape index (κ3) is 3.99. The molecule has 0 aliphatic heterocycles. The van der Waals surface area contributed by atoms with Gasteiger partial charge in [-0.05, 0) is 61.6 Å². The Morgan fingerprint density at radius 2 is 1.65 bits per heavy atom. The maximum atomic E-state index is 6.27. The summed E-state index contributed by atoms with van der Waals surface area (Å²) in [5.74, 6) is 0. The van der Waals surface area contributed by atoms with E-state index in [0.29, 0.717) is 5.02 Å². The topological polar surface area (TPSA) is 26.0 Å². The molecule has 0 saturated heterocycles. The van der Waals surface area contributed by atoms with Crippen molar-refractivity contribution in [2.45, 2.75) is 32.7 Å². The van der Waals surface area contributed by atoms with Crippen LogP contribution in [-0.4, -0.2) is 6.04 Å². The van der Waals surface area contributed by atoms with Crippen LogP contribution in [0.1, 0.15) is 22.3 Å². The van der Waals surface area contributed by atoms with E-state index in [1.807, 2.05) is 12.1 Å². The van der Waals surface area contributed by atoms with Crippen molar-refractivity contribution >= 4 is 23.2 Å². The van der Waals surface area contributed by atoms with Gasteiger partial charge in [-0.25, -0.2) is 0 Å². The van der Waals surface area contributed by atoms with Crippen molar-refractivity contribution in [2.75, 3.05) is 0 Å². The van der Waals surface area contributed by atoms with Crippen LogP contribution in [-0.2, 0) is 12.8 Å². The molecular weight excluding hydrogens is 289 g/mol. The standard InChI is InChI=1S/C17H19Cl2N/c1-11-3-4-12(2)13(7-11)9-16(20)10-14-8-15(18)5-6-17(14)19/h3-8,16H,9-10,20H2,1-2H3. The van der Waals surface area contributed by atoms with Crippen molar-refractivity contribution in [3.05, 3.63) is 68.7 Å². The first kappa shape index (κ1) is 15.4. The highest BCUT2D eigenvalue weighted by atomic mass is 35.5. The number of halogens is 2. The lowest BCUT2D eigenvalue weighted by atomic mass is 9.96.